The molecule has 0 heterocycles. The van der Waals surface area contributed by atoms with E-state index in [0.717, 1.165) is 0 Å². The van der Waals surface area contributed by atoms with Crippen molar-refractivity contribution in [3.05, 3.63) is 0 Å². The van der Waals surface area contributed by atoms with Crippen molar-refractivity contribution in [2.45, 2.75) is 48.1 Å². The number of rotatable bonds is 6. The van der Waals surface area contributed by atoms with Crippen LogP contribution < -0.4 is 0 Å². The second-order valence-corrected chi connectivity index (χ2v) is 3.23. The Morgan fingerprint density at radius 1 is 0.889 bits per heavy atom. The van der Waals surface area contributed by atoms with Crippen LogP contribution in [0, 0.1) is 35.0 Å². The van der Waals surface area contributed by atoms with Crippen molar-refractivity contribution in [3.8, 4) is 0 Å². The molecule has 0 unspecified atom stereocenters. The molecule has 0 fully saturated rings. The van der Waals surface area contributed by atoms with Gasteiger partial charge in [0.2, 0.25) is 0 Å². The summed E-state index contributed by atoms with van der Waals surface area (Å²) in [5.41, 5.74) is 0. The number of hydrogen-bond acceptors (Lipinski definition) is 0. The molecule has 0 spiro atoms. The van der Waals surface area contributed by atoms with Gasteiger partial charge in [-0.05, 0) is 0 Å². The molecule has 0 rings (SSSR count). The molecule has 0 aromatic rings. The van der Waals surface area contributed by atoms with Crippen molar-refractivity contribution in [3.63, 3.8) is 0 Å². The molecule has 64 valence electrons. The summed E-state index contributed by atoms with van der Waals surface area (Å²) in [6.07, 6.45) is 8.42. The van der Waals surface area contributed by atoms with E-state index in [1.165, 1.54) is 41.2 Å². The predicted molar refractivity (Wildman–Crippen MR) is 38.2 cm³/mol. The first-order valence-electron chi connectivity index (χ1n) is 3.89. The van der Waals surface area contributed by atoms with Gasteiger partial charge in [-0.3, -0.25) is 0 Å². The molecular formula is C8H17Lu. The summed E-state index contributed by atoms with van der Waals surface area (Å²) < 4.78 is 1.20. The Morgan fingerprint density at radius 2 is 1.44 bits per heavy atom. The summed E-state index contributed by atoms with van der Waals surface area (Å²) in [4.78, 5) is 0. The Morgan fingerprint density at radius 3 is 2.00 bits per heavy atom. The van der Waals surface area contributed by atoms with Gasteiger partial charge >= 0.3 is 83.0 Å². The fourth-order valence-corrected chi connectivity index (χ4v) is 1.26. The molecular weight excluding hydrogens is 271 g/mol. The zero-order chi connectivity index (χ0) is 6.95. The molecule has 0 saturated heterocycles. The van der Waals surface area contributed by atoms with Gasteiger partial charge in [-0.25, -0.2) is 0 Å². The first kappa shape index (κ1) is 10.2. The van der Waals surface area contributed by atoms with Crippen LogP contribution in [0.4, 0.5) is 0 Å². The van der Waals surface area contributed by atoms with Crippen LogP contribution in [-0.4, -0.2) is 0 Å². The van der Waals surface area contributed by atoms with E-state index >= 15 is 0 Å². The second-order valence-electron chi connectivity index (χ2n) is 2.40. The van der Waals surface area contributed by atoms with E-state index in [1.807, 2.05) is 0 Å². The van der Waals surface area contributed by atoms with Crippen LogP contribution in [0.2, 0.25) is 2.64 Å². The van der Waals surface area contributed by atoms with E-state index in [4.69, 9.17) is 0 Å². The molecule has 9 heavy (non-hydrogen) atoms. The molecule has 0 atom stereocenters. The summed E-state index contributed by atoms with van der Waals surface area (Å²) >= 11 is 3.29. The van der Waals surface area contributed by atoms with E-state index in [1.54, 1.807) is 0 Å². The van der Waals surface area contributed by atoms with Gasteiger partial charge in [-0.2, -0.15) is 0 Å². The van der Waals surface area contributed by atoms with E-state index < -0.39 is 0 Å². The quantitative estimate of drug-likeness (QED) is 0.658. The summed E-state index contributed by atoms with van der Waals surface area (Å²) in [6.45, 7) is 2.26. The van der Waals surface area contributed by atoms with E-state index in [2.05, 4.69) is 41.9 Å². The van der Waals surface area contributed by atoms with Crippen molar-refractivity contribution in [1.29, 1.82) is 0 Å². The Bertz CT molecular complexity index is 37.8. The molecule has 0 nitrogen and oxygen atoms in total. The Balaban J connectivity index is 2.60. The van der Waals surface area contributed by atoms with E-state index in [-0.39, 0.29) is 0 Å². The maximum atomic E-state index is 3.29. The van der Waals surface area contributed by atoms with Crippen molar-refractivity contribution >= 4 is 0 Å². The Hall–Kier alpha value is 1.23. The van der Waals surface area contributed by atoms with Gasteiger partial charge < -0.3 is 0 Å². The molecule has 0 aliphatic carbocycles. The fraction of sp³-hybridized carbons (Fsp3) is 1.00. The number of hydrogen-bond donors (Lipinski definition) is 0. The molecule has 0 aliphatic rings. The first-order valence-corrected chi connectivity index (χ1v) is 5.06. The summed E-state index contributed by atoms with van der Waals surface area (Å²) in [6, 6.07) is 0. The molecule has 0 aliphatic heterocycles. The summed E-state index contributed by atoms with van der Waals surface area (Å²) in [5.74, 6) is 0. The standard InChI is InChI=1S/C8H17.Lu/c1-3-5-7-8-6-4-2;/h1,3-8H2,2H3;. The van der Waals surface area contributed by atoms with Crippen molar-refractivity contribution in [1.82, 2.24) is 0 Å². The molecule has 0 aromatic carbocycles. The van der Waals surface area contributed by atoms with Gasteiger partial charge in [0.25, 0.3) is 0 Å². The third kappa shape index (κ3) is 9.23. The molecule has 0 bridgehead atoms. The van der Waals surface area contributed by atoms with Gasteiger partial charge in [0, 0.05) is 0 Å². The maximum absolute atomic E-state index is 3.29. The topological polar surface area (TPSA) is 0 Å². The first-order chi connectivity index (χ1) is 4.41. The molecule has 0 saturated carbocycles. The van der Waals surface area contributed by atoms with Crippen LogP contribution >= 0.6 is 0 Å². The molecule has 0 aromatic heterocycles. The van der Waals surface area contributed by atoms with Gasteiger partial charge in [0.05, 0.1) is 0 Å². The zero-order valence-corrected chi connectivity index (χ0v) is 7.86. The average molecular weight is 288 g/mol. The van der Waals surface area contributed by atoms with Crippen molar-refractivity contribution in [2.24, 2.45) is 0 Å². The monoisotopic (exact) mass is 288 g/mol. The fourth-order valence-electron chi connectivity index (χ4n) is 0.845. The van der Waals surface area contributed by atoms with E-state index in [0.29, 0.717) is 0 Å². The molecule has 0 radical (unpaired) electrons. The molecule has 0 N–H and O–H groups in total. The number of unbranched alkanes of at least 4 members (excludes halogenated alkanes) is 5. The minimum absolute atomic E-state index is 1.20. The Labute approximate surface area is 82.4 Å². The van der Waals surface area contributed by atoms with Crippen LogP contribution in [0.5, 0.6) is 0 Å². The van der Waals surface area contributed by atoms with Gasteiger partial charge in [0.15, 0.2) is 0 Å². The molecule has 0 amide bonds. The zero-order valence-electron chi connectivity index (χ0n) is 6.21. The van der Waals surface area contributed by atoms with Gasteiger partial charge in [-0.1, -0.05) is 0 Å². The Kier molecular flexibility index (Phi) is 10.5. The third-order valence-electron chi connectivity index (χ3n) is 1.44. The van der Waals surface area contributed by atoms with Crippen LogP contribution in [0.3, 0.4) is 0 Å². The van der Waals surface area contributed by atoms with Crippen LogP contribution in [0.15, 0.2) is 0 Å². The SMILES string of the molecule is CCCCCCC[CH2][Lu]. The van der Waals surface area contributed by atoms with Crippen LogP contribution in [0.25, 0.3) is 0 Å². The van der Waals surface area contributed by atoms with Crippen LogP contribution in [-0.2, 0) is 0 Å². The molecule has 1 heteroatoms. The van der Waals surface area contributed by atoms with Crippen molar-refractivity contribution < 1.29 is 35.0 Å². The third-order valence-corrected chi connectivity index (χ3v) is 2.03. The minimum atomic E-state index is 1.20. The summed E-state index contributed by atoms with van der Waals surface area (Å²) in [7, 11) is 0. The predicted octanol–water partition coefficient (Wildman–Crippen LogP) is 3.31. The van der Waals surface area contributed by atoms with Gasteiger partial charge in [0.1, 0.15) is 0 Å². The van der Waals surface area contributed by atoms with Gasteiger partial charge in [-0.15, -0.1) is 0 Å². The summed E-state index contributed by atoms with van der Waals surface area (Å²) in [5, 5.41) is 0. The van der Waals surface area contributed by atoms with Crippen LogP contribution in [0.1, 0.15) is 45.4 Å². The van der Waals surface area contributed by atoms with Crippen molar-refractivity contribution in [2.75, 3.05) is 0 Å². The van der Waals surface area contributed by atoms with E-state index in [9.17, 15) is 0 Å². The normalized spacial score (nSPS) is 10.1. The second kappa shape index (κ2) is 9.23. The average Bonchev–Trinajstić information content (AvgIpc) is 1.89.